The van der Waals surface area contributed by atoms with Gasteiger partial charge in [0.25, 0.3) is 0 Å². The summed E-state index contributed by atoms with van der Waals surface area (Å²) in [6.45, 7) is 3.68. The van der Waals surface area contributed by atoms with Gasteiger partial charge in [-0.05, 0) is 24.1 Å². The van der Waals surface area contributed by atoms with Crippen LogP contribution in [-0.2, 0) is 6.42 Å². The lowest BCUT2D eigenvalue weighted by Crippen LogP contribution is -2.27. The summed E-state index contributed by atoms with van der Waals surface area (Å²) in [5, 5.41) is 2.81. The number of aryl methyl sites for hydroxylation is 1. The van der Waals surface area contributed by atoms with Gasteiger partial charge in [0, 0.05) is 18.8 Å². The predicted octanol–water partition coefficient (Wildman–Crippen LogP) is 2.17. The lowest BCUT2D eigenvalue weighted by atomic mass is 10.1. The first-order valence-electron chi connectivity index (χ1n) is 5.45. The molecule has 2 rings (SSSR count). The standard InChI is InChI=1S/C12H16N2O/c1-2-4-10-5-3-6-11(9-10)14-8-7-13-12(14)15/h3,5-6,9H,2,4,7-8H2,1H3,(H,13,15). The summed E-state index contributed by atoms with van der Waals surface area (Å²) in [7, 11) is 0. The first-order chi connectivity index (χ1) is 7.31. The van der Waals surface area contributed by atoms with Crippen molar-refractivity contribution in [3.8, 4) is 0 Å². The van der Waals surface area contributed by atoms with Crippen LogP contribution in [0.5, 0.6) is 0 Å². The van der Waals surface area contributed by atoms with Crippen LogP contribution in [-0.4, -0.2) is 19.1 Å². The monoisotopic (exact) mass is 204 g/mol. The van der Waals surface area contributed by atoms with Crippen LogP contribution in [0.4, 0.5) is 10.5 Å². The molecule has 1 aromatic carbocycles. The average Bonchev–Trinajstić information content (AvgIpc) is 2.65. The number of carbonyl (C=O) groups is 1. The molecule has 1 fully saturated rings. The van der Waals surface area contributed by atoms with Crippen molar-refractivity contribution in [2.45, 2.75) is 19.8 Å². The summed E-state index contributed by atoms with van der Waals surface area (Å²) in [6, 6.07) is 8.24. The fraction of sp³-hybridized carbons (Fsp3) is 0.417. The van der Waals surface area contributed by atoms with Crippen molar-refractivity contribution in [3.63, 3.8) is 0 Å². The van der Waals surface area contributed by atoms with Gasteiger partial charge in [-0.2, -0.15) is 0 Å². The molecular formula is C12H16N2O. The SMILES string of the molecule is CCCc1cccc(N2CCNC2=O)c1. The quantitative estimate of drug-likeness (QED) is 0.804. The van der Waals surface area contributed by atoms with E-state index < -0.39 is 0 Å². The number of benzene rings is 1. The Kier molecular flexibility index (Phi) is 2.90. The second-order valence-corrected chi connectivity index (χ2v) is 3.80. The summed E-state index contributed by atoms with van der Waals surface area (Å²) in [6.07, 6.45) is 2.21. The summed E-state index contributed by atoms with van der Waals surface area (Å²) in [4.78, 5) is 13.2. The molecule has 0 unspecified atom stereocenters. The molecule has 80 valence electrons. The maximum absolute atomic E-state index is 11.5. The van der Waals surface area contributed by atoms with Crippen LogP contribution in [0.25, 0.3) is 0 Å². The largest absolute Gasteiger partial charge is 0.336 e. The Bertz CT molecular complexity index is 362. The van der Waals surface area contributed by atoms with Crippen molar-refractivity contribution in [2.24, 2.45) is 0 Å². The van der Waals surface area contributed by atoms with Crippen LogP contribution in [0.2, 0.25) is 0 Å². The van der Waals surface area contributed by atoms with Crippen LogP contribution in [0.3, 0.4) is 0 Å². The van der Waals surface area contributed by atoms with E-state index in [0.717, 1.165) is 31.6 Å². The van der Waals surface area contributed by atoms with Gasteiger partial charge in [0.05, 0.1) is 0 Å². The lowest BCUT2D eigenvalue weighted by Gasteiger charge is -2.15. The van der Waals surface area contributed by atoms with E-state index in [2.05, 4.69) is 24.4 Å². The van der Waals surface area contributed by atoms with Gasteiger partial charge in [-0.15, -0.1) is 0 Å². The second-order valence-electron chi connectivity index (χ2n) is 3.80. The van der Waals surface area contributed by atoms with Crippen molar-refractivity contribution < 1.29 is 4.79 Å². The highest BCUT2D eigenvalue weighted by molar-refractivity contribution is 5.94. The normalized spacial score (nSPS) is 15.5. The third-order valence-corrected chi connectivity index (χ3v) is 2.62. The highest BCUT2D eigenvalue weighted by Gasteiger charge is 2.20. The zero-order valence-corrected chi connectivity index (χ0v) is 8.99. The van der Waals surface area contributed by atoms with Gasteiger partial charge in [0.15, 0.2) is 0 Å². The van der Waals surface area contributed by atoms with E-state index in [4.69, 9.17) is 0 Å². The Morgan fingerprint density at radius 3 is 3.00 bits per heavy atom. The Labute approximate surface area is 90.1 Å². The number of rotatable bonds is 3. The first-order valence-corrected chi connectivity index (χ1v) is 5.45. The van der Waals surface area contributed by atoms with E-state index >= 15 is 0 Å². The van der Waals surface area contributed by atoms with Gasteiger partial charge in [0.2, 0.25) is 0 Å². The van der Waals surface area contributed by atoms with Gasteiger partial charge in [0.1, 0.15) is 0 Å². The molecule has 0 atom stereocenters. The van der Waals surface area contributed by atoms with Crippen LogP contribution in [0.1, 0.15) is 18.9 Å². The summed E-state index contributed by atoms with van der Waals surface area (Å²) < 4.78 is 0. The predicted molar refractivity (Wildman–Crippen MR) is 61.2 cm³/mol. The molecular weight excluding hydrogens is 188 g/mol. The molecule has 2 amide bonds. The van der Waals surface area contributed by atoms with Gasteiger partial charge in [-0.3, -0.25) is 4.90 Å². The maximum atomic E-state index is 11.5. The van der Waals surface area contributed by atoms with E-state index in [1.165, 1.54) is 5.56 Å². The molecule has 1 N–H and O–H groups in total. The number of hydrogen-bond acceptors (Lipinski definition) is 1. The number of urea groups is 1. The van der Waals surface area contributed by atoms with Crippen molar-refractivity contribution in [3.05, 3.63) is 29.8 Å². The summed E-state index contributed by atoms with van der Waals surface area (Å²) in [5.41, 5.74) is 2.31. The van der Waals surface area contributed by atoms with E-state index in [1.54, 1.807) is 4.90 Å². The highest BCUT2D eigenvalue weighted by Crippen LogP contribution is 2.18. The number of anilines is 1. The number of nitrogens with one attached hydrogen (secondary N) is 1. The number of hydrogen-bond donors (Lipinski definition) is 1. The zero-order chi connectivity index (χ0) is 10.7. The minimum atomic E-state index is 0.0173. The number of nitrogens with zero attached hydrogens (tertiary/aromatic N) is 1. The third kappa shape index (κ3) is 2.12. The van der Waals surface area contributed by atoms with Crippen LogP contribution in [0.15, 0.2) is 24.3 Å². The fourth-order valence-corrected chi connectivity index (χ4v) is 1.89. The molecule has 1 saturated heterocycles. The smallest absolute Gasteiger partial charge is 0.321 e. The molecule has 0 aromatic heterocycles. The van der Waals surface area contributed by atoms with Gasteiger partial charge >= 0.3 is 6.03 Å². The molecule has 0 spiro atoms. The molecule has 0 aliphatic carbocycles. The van der Waals surface area contributed by atoms with E-state index in [9.17, 15) is 4.79 Å². The van der Waals surface area contributed by atoms with Gasteiger partial charge in [-0.1, -0.05) is 25.5 Å². The molecule has 1 aliphatic heterocycles. The van der Waals surface area contributed by atoms with Crippen LogP contribution < -0.4 is 10.2 Å². The molecule has 1 heterocycles. The Balaban J connectivity index is 2.20. The molecule has 0 radical (unpaired) electrons. The van der Waals surface area contributed by atoms with E-state index in [-0.39, 0.29) is 6.03 Å². The average molecular weight is 204 g/mol. The Hall–Kier alpha value is -1.51. The van der Waals surface area contributed by atoms with Crippen molar-refractivity contribution >= 4 is 11.7 Å². The summed E-state index contributed by atoms with van der Waals surface area (Å²) in [5.74, 6) is 0. The third-order valence-electron chi connectivity index (χ3n) is 2.62. The minimum Gasteiger partial charge on any atom is -0.336 e. The molecule has 3 heteroatoms. The molecule has 1 aromatic rings. The molecule has 1 aliphatic rings. The maximum Gasteiger partial charge on any atom is 0.321 e. The molecule has 3 nitrogen and oxygen atoms in total. The van der Waals surface area contributed by atoms with Crippen LogP contribution in [0, 0.1) is 0 Å². The van der Waals surface area contributed by atoms with Crippen molar-refractivity contribution in [1.29, 1.82) is 0 Å². The van der Waals surface area contributed by atoms with Gasteiger partial charge < -0.3 is 5.32 Å². The summed E-state index contributed by atoms with van der Waals surface area (Å²) >= 11 is 0. The second kappa shape index (κ2) is 4.34. The first kappa shape index (κ1) is 10.0. The fourth-order valence-electron chi connectivity index (χ4n) is 1.89. The molecule has 0 bridgehead atoms. The Morgan fingerprint density at radius 2 is 2.33 bits per heavy atom. The van der Waals surface area contributed by atoms with Crippen molar-refractivity contribution in [2.75, 3.05) is 18.0 Å². The topological polar surface area (TPSA) is 32.3 Å². The zero-order valence-electron chi connectivity index (χ0n) is 8.99. The number of amides is 2. The number of carbonyl (C=O) groups excluding carboxylic acids is 1. The van der Waals surface area contributed by atoms with Gasteiger partial charge in [-0.25, -0.2) is 4.79 Å². The molecule has 15 heavy (non-hydrogen) atoms. The Morgan fingerprint density at radius 1 is 1.47 bits per heavy atom. The highest BCUT2D eigenvalue weighted by atomic mass is 16.2. The lowest BCUT2D eigenvalue weighted by molar-refractivity contribution is 0.252. The van der Waals surface area contributed by atoms with E-state index in [0.29, 0.717) is 0 Å². The van der Waals surface area contributed by atoms with Crippen LogP contribution >= 0.6 is 0 Å². The molecule has 0 saturated carbocycles. The van der Waals surface area contributed by atoms with E-state index in [1.807, 2.05) is 12.1 Å². The van der Waals surface area contributed by atoms with Crippen molar-refractivity contribution in [1.82, 2.24) is 5.32 Å². The minimum absolute atomic E-state index is 0.0173.